The molecule has 0 radical (unpaired) electrons. The Morgan fingerprint density at radius 3 is 2.61 bits per heavy atom. The first-order chi connectivity index (χ1) is 13.4. The summed E-state index contributed by atoms with van der Waals surface area (Å²) in [5.41, 5.74) is 0. The lowest BCUT2D eigenvalue weighted by Gasteiger charge is -2.43. The number of fused-ring (bicyclic) bond motifs is 1. The maximum Gasteiger partial charge on any atom is 0.508 e. The number of hydrogen-bond donors (Lipinski definition) is 0. The first-order valence-corrected chi connectivity index (χ1v) is 10.2. The number of hydrogen-bond acceptors (Lipinski definition) is 8. The molecule has 0 spiro atoms. The van der Waals surface area contributed by atoms with Gasteiger partial charge in [0.1, 0.15) is 25.2 Å². The van der Waals surface area contributed by atoms with Crippen LogP contribution in [0.4, 0.5) is 4.79 Å². The first kappa shape index (κ1) is 22.3. The summed E-state index contributed by atoms with van der Waals surface area (Å²) >= 11 is 1.47. The third kappa shape index (κ3) is 5.08. The van der Waals surface area contributed by atoms with Crippen LogP contribution in [0.2, 0.25) is 0 Å². The highest BCUT2D eigenvalue weighted by atomic mass is 32.2. The van der Waals surface area contributed by atoms with Crippen molar-refractivity contribution in [1.82, 2.24) is 4.90 Å². The second kappa shape index (κ2) is 10.5. The number of carbonyl (C=O) groups is 3. The fourth-order valence-electron chi connectivity index (χ4n) is 3.10. The van der Waals surface area contributed by atoms with E-state index in [0.29, 0.717) is 13.2 Å². The van der Waals surface area contributed by atoms with Crippen LogP contribution in [0.1, 0.15) is 20.3 Å². The van der Waals surface area contributed by atoms with E-state index in [-0.39, 0.29) is 29.7 Å². The summed E-state index contributed by atoms with van der Waals surface area (Å²) in [7, 11) is 0. The maximum absolute atomic E-state index is 12.5. The SMILES string of the molecule is C=CCOC(=O)O[C@H](C)[C@H]1C(=O)N2CC(C(OCCC)C(=O)OCC=C)S[C@H]12. The predicted molar refractivity (Wildman–Crippen MR) is 104 cm³/mol. The third-order valence-corrected chi connectivity index (χ3v) is 5.97. The van der Waals surface area contributed by atoms with E-state index in [1.165, 1.54) is 23.9 Å². The molecule has 0 saturated carbocycles. The molecule has 28 heavy (non-hydrogen) atoms. The van der Waals surface area contributed by atoms with Crippen LogP contribution in [0.3, 0.4) is 0 Å². The lowest BCUT2D eigenvalue weighted by atomic mass is 9.92. The maximum atomic E-state index is 12.5. The number of nitrogens with zero attached hydrogens (tertiary/aromatic N) is 1. The molecule has 0 aromatic rings. The van der Waals surface area contributed by atoms with E-state index in [0.717, 1.165) is 6.42 Å². The smallest absolute Gasteiger partial charge is 0.460 e. The fraction of sp³-hybridized carbons (Fsp3) is 0.632. The van der Waals surface area contributed by atoms with Gasteiger partial charge < -0.3 is 23.8 Å². The molecule has 0 bridgehead atoms. The van der Waals surface area contributed by atoms with Gasteiger partial charge in [-0.3, -0.25) is 4.79 Å². The van der Waals surface area contributed by atoms with E-state index in [9.17, 15) is 14.4 Å². The molecule has 9 heteroatoms. The number of amides is 1. The number of esters is 1. The second-order valence-electron chi connectivity index (χ2n) is 6.46. The molecule has 2 heterocycles. The van der Waals surface area contributed by atoms with Crippen molar-refractivity contribution < 1.29 is 33.3 Å². The van der Waals surface area contributed by atoms with Crippen LogP contribution in [0.15, 0.2) is 25.3 Å². The molecule has 8 nitrogen and oxygen atoms in total. The molecule has 2 rings (SSSR count). The summed E-state index contributed by atoms with van der Waals surface area (Å²) in [5, 5.41) is -0.428. The van der Waals surface area contributed by atoms with Gasteiger partial charge in [0.05, 0.1) is 10.6 Å². The van der Waals surface area contributed by atoms with E-state index >= 15 is 0 Å². The van der Waals surface area contributed by atoms with Crippen molar-refractivity contribution in [3.63, 3.8) is 0 Å². The number of thioether (sulfide) groups is 1. The van der Waals surface area contributed by atoms with E-state index in [1.807, 2.05) is 6.92 Å². The highest BCUT2D eigenvalue weighted by Gasteiger charge is 2.58. The predicted octanol–water partition coefficient (Wildman–Crippen LogP) is 2.14. The van der Waals surface area contributed by atoms with Crippen LogP contribution in [0, 0.1) is 5.92 Å². The van der Waals surface area contributed by atoms with Gasteiger partial charge in [0.25, 0.3) is 0 Å². The van der Waals surface area contributed by atoms with Crippen LogP contribution in [-0.4, -0.2) is 72.1 Å². The molecule has 2 saturated heterocycles. The van der Waals surface area contributed by atoms with Crippen molar-refractivity contribution in [3.05, 3.63) is 25.3 Å². The lowest BCUT2D eigenvalue weighted by Crippen LogP contribution is -2.60. The molecule has 0 aliphatic carbocycles. The standard InChI is InChI=1S/C19H27NO7S/c1-5-8-24-15(18(22)25-9-6-2)13-11-20-16(21)14(17(20)28-13)12(4)27-19(23)26-10-7-3/h6-7,12-15,17H,2-3,5,8-11H2,1,4H3/t12-,13?,14+,15?,17-/m1/s1. The largest absolute Gasteiger partial charge is 0.508 e. The Morgan fingerprint density at radius 2 is 1.96 bits per heavy atom. The van der Waals surface area contributed by atoms with Gasteiger partial charge in [-0.15, -0.1) is 11.8 Å². The van der Waals surface area contributed by atoms with E-state index in [2.05, 4.69) is 13.2 Å². The molecule has 2 aliphatic heterocycles. The normalized spacial score (nSPS) is 25.1. The first-order valence-electron chi connectivity index (χ1n) is 9.23. The van der Waals surface area contributed by atoms with Crippen molar-refractivity contribution in [3.8, 4) is 0 Å². The van der Waals surface area contributed by atoms with Crippen molar-refractivity contribution in [2.24, 2.45) is 5.92 Å². The van der Waals surface area contributed by atoms with Gasteiger partial charge in [0.2, 0.25) is 5.91 Å². The molecule has 2 unspecified atom stereocenters. The van der Waals surface area contributed by atoms with Crippen molar-refractivity contribution in [1.29, 1.82) is 0 Å². The molecular weight excluding hydrogens is 386 g/mol. The van der Waals surface area contributed by atoms with Gasteiger partial charge >= 0.3 is 12.1 Å². The van der Waals surface area contributed by atoms with E-state index < -0.39 is 30.3 Å². The summed E-state index contributed by atoms with van der Waals surface area (Å²) < 4.78 is 20.9. The Hall–Kier alpha value is -2.00. The Bertz CT molecular complexity index is 611. The molecule has 2 fully saturated rings. The molecule has 0 aromatic carbocycles. The van der Waals surface area contributed by atoms with Gasteiger partial charge in [-0.05, 0) is 13.3 Å². The second-order valence-corrected chi connectivity index (χ2v) is 7.82. The average molecular weight is 413 g/mol. The summed E-state index contributed by atoms with van der Waals surface area (Å²) in [4.78, 5) is 38.2. The summed E-state index contributed by atoms with van der Waals surface area (Å²) in [6, 6.07) is 0. The molecular formula is C19H27NO7S. The van der Waals surface area contributed by atoms with Gasteiger partial charge in [-0.25, -0.2) is 9.59 Å². The van der Waals surface area contributed by atoms with Crippen LogP contribution < -0.4 is 0 Å². The van der Waals surface area contributed by atoms with Gasteiger partial charge in [-0.1, -0.05) is 32.2 Å². The van der Waals surface area contributed by atoms with Gasteiger partial charge in [0, 0.05) is 13.2 Å². The summed E-state index contributed by atoms with van der Waals surface area (Å²) in [6.45, 7) is 11.5. The minimum Gasteiger partial charge on any atom is -0.460 e. The van der Waals surface area contributed by atoms with Crippen LogP contribution in [0.25, 0.3) is 0 Å². The fourth-order valence-corrected chi connectivity index (χ4v) is 4.88. The molecule has 156 valence electrons. The van der Waals surface area contributed by atoms with Crippen molar-refractivity contribution >= 4 is 29.8 Å². The summed E-state index contributed by atoms with van der Waals surface area (Å²) in [5.74, 6) is -1.06. The topological polar surface area (TPSA) is 91.4 Å². The number of rotatable bonds is 11. The molecule has 0 N–H and O–H groups in total. The van der Waals surface area contributed by atoms with Gasteiger partial charge in [0.15, 0.2) is 6.10 Å². The average Bonchev–Trinajstić information content (AvgIpc) is 3.04. The van der Waals surface area contributed by atoms with Crippen LogP contribution >= 0.6 is 11.8 Å². The molecule has 5 atom stereocenters. The minimum atomic E-state index is -0.838. The van der Waals surface area contributed by atoms with Gasteiger partial charge in [-0.2, -0.15) is 0 Å². The number of ether oxygens (including phenoxy) is 4. The lowest BCUT2D eigenvalue weighted by molar-refractivity contribution is -0.160. The van der Waals surface area contributed by atoms with Crippen LogP contribution in [-0.2, 0) is 28.5 Å². The highest BCUT2D eigenvalue weighted by molar-refractivity contribution is 8.01. The zero-order valence-corrected chi connectivity index (χ0v) is 17.0. The monoisotopic (exact) mass is 413 g/mol. The molecule has 0 aromatic heterocycles. The van der Waals surface area contributed by atoms with Crippen molar-refractivity contribution in [2.45, 2.75) is 43.1 Å². The zero-order chi connectivity index (χ0) is 20.7. The highest BCUT2D eigenvalue weighted by Crippen LogP contribution is 2.47. The van der Waals surface area contributed by atoms with E-state index in [1.54, 1.807) is 11.8 Å². The number of β-lactam (4-membered cyclic amide) rings is 1. The minimum absolute atomic E-state index is 0.0415. The van der Waals surface area contributed by atoms with Crippen molar-refractivity contribution in [2.75, 3.05) is 26.4 Å². The van der Waals surface area contributed by atoms with Crippen LogP contribution in [0.5, 0.6) is 0 Å². The Morgan fingerprint density at radius 1 is 1.29 bits per heavy atom. The Kier molecular flexibility index (Phi) is 8.37. The zero-order valence-electron chi connectivity index (χ0n) is 16.2. The summed E-state index contributed by atoms with van der Waals surface area (Å²) in [6.07, 6.45) is 1.44. The Labute approximate surface area is 169 Å². The Balaban J connectivity index is 1.98. The quantitative estimate of drug-likeness (QED) is 0.289. The third-order valence-electron chi connectivity index (χ3n) is 4.40. The number of carbonyl (C=O) groups excluding carboxylic acids is 3. The molecule has 2 aliphatic rings. The van der Waals surface area contributed by atoms with E-state index in [4.69, 9.17) is 18.9 Å². The molecule has 1 amide bonds.